The molecule has 0 aliphatic carbocycles. The minimum absolute atomic E-state index is 0.0307. The molecular weight excluding hydrogens is 351 g/mol. The molecule has 138 valence electrons. The van der Waals surface area contributed by atoms with Gasteiger partial charge in [0.15, 0.2) is 0 Å². The van der Waals surface area contributed by atoms with Crippen molar-refractivity contribution >= 4 is 23.4 Å². The Hall–Kier alpha value is -2.88. The molecule has 0 unspecified atom stereocenters. The van der Waals surface area contributed by atoms with Crippen LogP contribution < -0.4 is 15.5 Å². The van der Waals surface area contributed by atoms with Gasteiger partial charge >= 0.3 is 12.2 Å². The average molecular weight is 367 g/mol. The van der Waals surface area contributed by atoms with Crippen molar-refractivity contribution in [2.45, 2.75) is 6.18 Å². The standard InChI is InChI=1S/C16H16F3N5O2/c17-16(18,19)11-2-1-3-12(8-11)22-15(25)23-13-9-20-14(21-10-13)24-4-6-26-7-5-24/h1-3,8-10H,4-7H2,(H2,22,23,25). The van der Waals surface area contributed by atoms with Crippen LogP contribution in [0, 0.1) is 0 Å². The summed E-state index contributed by atoms with van der Waals surface area (Å²) >= 11 is 0. The molecule has 2 aromatic rings. The summed E-state index contributed by atoms with van der Waals surface area (Å²) in [6.07, 6.45) is -1.61. The number of carbonyl (C=O) groups is 1. The fourth-order valence-corrected chi connectivity index (χ4v) is 2.38. The Morgan fingerprint density at radius 3 is 2.38 bits per heavy atom. The van der Waals surface area contributed by atoms with Crippen molar-refractivity contribution in [3.63, 3.8) is 0 Å². The molecular formula is C16H16F3N5O2. The van der Waals surface area contributed by atoms with Crippen LogP contribution in [0.4, 0.5) is 35.3 Å². The number of carbonyl (C=O) groups excluding carboxylic acids is 1. The van der Waals surface area contributed by atoms with Gasteiger partial charge in [0, 0.05) is 18.8 Å². The van der Waals surface area contributed by atoms with E-state index in [1.165, 1.54) is 24.5 Å². The molecule has 0 radical (unpaired) electrons. The number of hydrogen-bond donors (Lipinski definition) is 2. The summed E-state index contributed by atoms with van der Waals surface area (Å²) in [5.41, 5.74) is -0.483. The molecule has 2 heterocycles. The van der Waals surface area contributed by atoms with E-state index in [4.69, 9.17) is 4.74 Å². The van der Waals surface area contributed by atoms with Crippen LogP contribution in [0.1, 0.15) is 5.56 Å². The predicted molar refractivity (Wildman–Crippen MR) is 89.1 cm³/mol. The monoisotopic (exact) mass is 367 g/mol. The number of rotatable bonds is 3. The van der Waals surface area contributed by atoms with Gasteiger partial charge in [-0.05, 0) is 18.2 Å². The van der Waals surface area contributed by atoms with Gasteiger partial charge in [0.05, 0.1) is 36.9 Å². The molecule has 1 aromatic carbocycles. The number of morpholine rings is 1. The number of ether oxygens (including phenoxy) is 1. The fourth-order valence-electron chi connectivity index (χ4n) is 2.38. The molecule has 10 heteroatoms. The fraction of sp³-hybridized carbons (Fsp3) is 0.312. The second-order valence-corrected chi connectivity index (χ2v) is 5.53. The van der Waals surface area contributed by atoms with Crippen LogP contribution in [0.15, 0.2) is 36.7 Å². The van der Waals surface area contributed by atoms with Crippen LogP contribution in [0.2, 0.25) is 0 Å². The number of alkyl halides is 3. The van der Waals surface area contributed by atoms with Crippen LogP contribution >= 0.6 is 0 Å². The average Bonchev–Trinajstić information content (AvgIpc) is 2.62. The zero-order valence-corrected chi connectivity index (χ0v) is 13.6. The van der Waals surface area contributed by atoms with Crippen molar-refractivity contribution in [1.82, 2.24) is 9.97 Å². The predicted octanol–water partition coefficient (Wildman–Crippen LogP) is 2.98. The molecule has 1 aromatic heterocycles. The van der Waals surface area contributed by atoms with E-state index in [9.17, 15) is 18.0 Å². The van der Waals surface area contributed by atoms with Gasteiger partial charge in [0.1, 0.15) is 0 Å². The smallest absolute Gasteiger partial charge is 0.378 e. The molecule has 1 aliphatic rings. The van der Waals surface area contributed by atoms with Crippen LogP contribution in [-0.2, 0) is 10.9 Å². The lowest BCUT2D eigenvalue weighted by molar-refractivity contribution is -0.137. The highest BCUT2D eigenvalue weighted by atomic mass is 19.4. The Morgan fingerprint density at radius 2 is 1.73 bits per heavy atom. The number of halogens is 3. The van der Waals surface area contributed by atoms with Crippen molar-refractivity contribution in [1.29, 1.82) is 0 Å². The number of urea groups is 1. The maximum atomic E-state index is 12.7. The molecule has 1 aliphatic heterocycles. The third kappa shape index (κ3) is 4.60. The number of anilines is 3. The quantitative estimate of drug-likeness (QED) is 0.872. The number of benzene rings is 1. The molecule has 0 spiro atoms. The van der Waals surface area contributed by atoms with E-state index in [0.717, 1.165) is 12.1 Å². The Balaban J connectivity index is 1.59. The van der Waals surface area contributed by atoms with Gasteiger partial charge in [0.25, 0.3) is 0 Å². The molecule has 1 fully saturated rings. The van der Waals surface area contributed by atoms with Crippen molar-refractivity contribution in [3.8, 4) is 0 Å². The summed E-state index contributed by atoms with van der Waals surface area (Å²) < 4.78 is 43.3. The molecule has 1 saturated heterocycles. The second-order valence-electron chi connectivity index (χ2n) is 5.53. The lowest BCUT2D eigenvalue weighted by Gasteiger charge is -2.26. The lowest BCUT2D eigenvalue weighted by Crippen LogP contribution is -2.37. The first-order valence-electron chi connectivity index (χ1n) is 7.82. The lowest BCUT2D eigenvalue weighted by atomic mass is 10.2. The molecule has 3 rings (SSSR count). The van der Waals surface area contributed by atoms with E-state index in [0.29, 0.717) is 37.9 Å². The van der Waals surface area contributed by atoms with Crippen LogP contribution in [-0.4, -0.2) is 42.3 Å². The van der Waals surface area contributed by atoms with Gasteiger partial charge in [-0.2, -0.15) is 13.2 Å². The number of nitrogens with zero attached hydrogens (tertiary/aromatic N) is 3. The Kier molecular flexibility index (Phi) is 5.21. The van der Waals surface area contributed by atoms with Crippen molar-refractivity contribution in [2.24, 2.45) is 0 Å². The molecule has 0 bridgehead atoms. The van der Waals surface area contributed by atoms with Crippen LogP contribution in [0.3, 0.4) is 0 Å². The summed E-state index contributed by atoms with van der Waals surface area (Å²) in [6.45, 7) is 2.57. The maximum absolute atomic E-state index is 12.7. The summed E-state index contributed by atoms with van der Waals surface area (Å²) in [6, 6.07) is 3.69. The zero-order chi connectivity index (χ0) is 18.6. The number of amides is 2. The number of hydrogen-bond acceptors (Lipinski definition) is 5. The van der Waals surface area contributed by atoms with Crippen molar-refractivity contribution in [2.75, 3.05) is 41.8 Å². The molecule has 0 atom stereocenters. The summed E-state index contributed by atoms with van der Waals surface area (Å²) in [4.78, 5) is 22.3. The van der Waals surface area contributed by atoms with Gasteiger partial charge < -0.3 is 20.3 Å². The number of aromatic nitrogens is 2. The van der Waals surface area contributed by atoms with Gasteiger partial charge in [-0.1, -0.05) is 6.07 Å². The minimum Gasteiger partial charge on any atom is -0.378 e. The van der Waals surface area contributed by atoms with E-state index >= 15 is 0 Å². The van der Waals surface area contributed by atoms with E-state index in [1.807, 2.05) is 4.90 Å². The first kappa shape index (κ1) is 17.9. The SMILES string of the molecule is O=C(Nc1cnc(N2CCOCC2)nc1)Nc1cccc(C(F)(F)F)c1. The molecule has 2 amide bonds. The molecule has 2 N–H and O–H groups in total. The summed E-state index contributed by atoms with van der Waals surface area (Å²) in [7, 11) is 0. The van der Waals surface area contributed by atoms with Crippen molar-refractivity contribution < 1.29 is 22.7 Å². The topological polar surface area (TPSA) is 79.4 Å². The molecule has 0 saturated carbocycles. The van der Waals surface area contributed by atoms with Crippen LogP contribution in [0.25, 0.3) is 0 Å². The maximum Gasteiger partial charge on any atom is 0.416 e. The van der Waals surface area contributed by atoms with Crippen molar-refractivity contribution in [3.05, 3.63) is 42.2 Å². The Morgan fingerprint density at radius 1 is 1.08 bits per heavy atom. The normalized spacial score (nSPS) is 14.8. The molecule has 26 heavy (non-hydrogen) atoms. The van der Waals surface area contributed by atoms with E-state index in [2.05, 4.69) is 20.6 Å². The minimum atomic E-state index is -4.47. The third-order valence-electron chi connectivity index (χ3n) is 3.64. The highest BCUT2D eigenvalue weighted by Gasteiger charge is 2.30. The third-order valence-corrected chi connectivity index (χ3v) is 3.64. The zero-order valence-electron chi connectivity index (χ0n) is 13.6. The Labute approximate surface area is 147 Å². The highest BCUT2D eigenvalue weighted by Crippen LogP contribution is 2.30. The summed E-state index contributed by atoms with van der Waals surface area (Å²) in [5.74, 6) is 0.525. The van der Waals surface area contributed by atoms with Gasteiger partial charge in [0.2, 0.25) is 5.95 Å². The largest absolute Gasteiger partial charge is 0.416 e. The Bertz CT molecular complexity index is 761. The number of nitrogens with one attached hydrogen (secondary N) is 2. The van der Waals surface area contributed by atoms with E-state index in [-0.39, 0.29) is 5.69 Å². The molecule has 7 nitrogen and oxygen atoms in total. The van der Waals surface area contributed by atoms with Crippen LogP contribution in [0.5, 0.6) is 0 Å². The first-order chi connectivity index (χ1) is 12.4. The second kappa shape index (κ2) is 7.56. The van der Waals surface area contributed by atoms with E-state index in [1.54, 1.807) is 0 Å². The van der Waals surface area contributed by atoms with Gasteiger partial charge in [-0.3, -0.25) is 0 Å². The van der Waals surface area contributed by atoms with E-state index < -0.39 is 17.8 Å². The summed E-state index contributed by atoms with van der Waals surface area (Å²) in [5, 5.41) is 4.83. The van der Waals surface area contributed by atoms with Gasteiger partial charge in [-0.15, -0.1) is 0 Å². The van der Waals surface area contributed by atoms with Gasteiger partial charge in [-0.25, -0.2) is 14.8 Å². The first-order valence-corrected chi connectivity index (χ1v) is 7.82. The highest BCUT2D eigenvalue weighted by molar-refractivity contribution is 5.99.